The molecular formula is C19H18FeN2O2. The van der Waals surface area contributed by atoms with Crippen LogP contribution < -0.4 is 11.3 Å². The Morgan fingerprint density at radius 1 is 1.12 bits per heavy atom. The van der Waals surface area contributed by atoms with Gasteiger partial charge in [0.25, 0.3) is 0 Å². The molecule has 1 aromatic carbocycles. The van der Waals surface area contributed by atoms with Crippen LogP contribution in [0.1, 0.15) is 10.4 Å². The molecule has 5 heteroatoms. The average Bonchev–Trinajstić information content (AvgIpc) is 3.55. The van der Waals surface area contributed by atoms with E-state index >= 15 is 0 Å². The predicted molar refractivity (Wildman–Crippen MR) is 84.6 cm³/mol. The predicted octanol–water partition coefficient (Wildman–Crippen LogP) is 3.73. The molecule has 0 radical (unpaired) electrons. The second kappa shape index (κ2) is 1.05. The Hall–Kier alpha value is -1.16. The number of nitrogen functional groups attached to an aromatic ring is 1. The number of benzene rings is 1. The molecule has 0 amide bonds. The first-order chi connectivity index (χ1) is 11.4. The molecule has 0 aromatic heterocycles. The summed E-state index contributed by atoms with van der Waals surface area (Å²) in [6.07, 6.45) is 1.09. The third-order valence-corrected chi connectivity index (χ3v) is 59.7. The van der Waals surface area contributed by atoms with Crippen LogP contribution in [0.3, 0.4) is 0 Å². The second-order valence-corrected chi connectivity index (χ2v) is 36.0. The molecule has 10 aliphatic rings. The van der Waals surface area contributed by atoms with E-state index in [1.165, 1.54) is 0 Å². The molecule has 11 rings (SSSR count). The van der Waals surface area contributed by atoms with Gasteiger partial charge in [0.2, 0.25) is 0 Å². The van der Waals surface area contributed by atoms with Crippen molar-refractivity contribution in [2.75, 3.05) is 5.43 Å². The van der Waals surface area contributed by atoms with Crippen LogP contribution in [-0.2, 0) is 11.3 Å². The monoisotopic (exact) mass is 362 g/mol. The summed E-state index contributed by atoms with van der Waals surface area (Å²) in [4.78, 5) is 35.6. The van der Waals surface area contributed by atoms with Crippen LogP contribution in [0.2, 0.25) is 47.7 Å². The summed E-state index contributed by atoms with van der Waals surface area (Å²) in [6, 6.07) is 7.41. The Morgan fingerprint density at radius 3 is 2.17 bits per heavy atom. The van der Waals surface area contributed by atoms with Crippen LogP contribution in [0.15, 0.2) is 24.3 Å². The Kier molecular flexibility index (Phi) is 0.444. The molecule has 10 saturated heterocycles. The van der Waals surface area contributed by atoms with Crippen molar-refractivity contribution >= 4 is 17.8 Å². The van der Waals surface area contributed by atoms with Gasteiger partial charge in [0.1, 0.15) is 0 Å². The summed E-state index contributed by atoms with van der Waals surface area (Å²) in [5, 5.41) is 0. The molecular weight excluding hydrogens is 344 g/mol. The van der Waals surface area contributed by atoms with Crippen LogP contribution in [0, 0.1) is 5.92 Å². The van der Waals surface area contributed by atoms with Crippen molar-refractivity contribution in [3.8, 4) is 0 Å². The van der Waals surface area contributed by atoms with Gasteiger partial charge in [-0.3, -0.25) is 0 Å². The van der Waals surface area contributed by atoms with Gasteiger partial charge in [-0.2, -0.15) is 0 Å². The third kappa shape index (κ3) is 0.143. The number of carbonyl (C=O) groups excluding carboxylic acids is 2. The zero-order valence-corrected chi connectivity index (χ0v) is 14.0. The zero-order valence-electron chi connectivity index (χ0n) is 12.9. The van der Waals surface area contributed by atoms with Crippen molar-refractivity contribution in [3.63, 3.8) is 0 Å². The molecule has 1 spiro atoms. The van der Waals surface area contributed by atoms with Gasteiger partial charge >= 0.3 is 129 Å². The van der Waals surface area contributed by atoms with Crippen molar-refractivity contribution in [3.05, 3.63) is 29.8 Å². The molecule has 3 N–H and O–H groups in total. The molecule has 124 valence electrons. The number of hydrogen-bond acceptors (Lipinski definition) is 4. The van der Waals surface area contributed by atoms with Crippen LogP contribution in [0.5, 0.6) is 0 Å². The fourth-order valence-electron chi connectivity index (χ4n) is 18.5. The number of nitrogens with two attached hydrogens (primary N) is 1. The molecule has 0 aliphatic carbocycles. The van der Waals surface area contributed by atoms with Crippen molar-refractivity contribution in [1.29, 1.82) is 0 Å². The average molecular weight is 362 g/mol. The van der Waals surface area contributed by atoms with Crippen LogP contribution in [0.25, 0.3) is 0 Å². The van der Waals surface area contributed by atoms with Crippen LogP contribution >= 0.6 is 0 Å². The first kappa shape index (κ1) is 10.1. The molecule has 5 unspecified atom stereocenters. The number of aldehydes is 1. The van der Waals surface area contributed by atoms with Gasteiger partial charge in [-0.25, -0.2) is 0 Å². The molecule has 1 aromatic rings. The number of carbonyl (C=O) groups is 2. The van der Waals surface area contributed by atoms with Gasteiger partial charge in [0.05, 0.1) is 0 Å². The molecule has 5 atom stereocenters. The van der Waals surface area contributed by atoms with Gasteiger partial charge in [0.15, 0.2) is 0 Å². The third-order valence-electron chi connectivity index (χ3n) is 17.0. The minimum atomic E-state index is -3.42. The molecule has 10 fully saturated rings. The van der Waals surface area contributed by atoms with E-state index in [4.69, 9.17) is 5.84 Å². The number of Topliss-reactive ketones (excluding diaryl/α,β-unsaturated/α-hetero) is 1. The Bertz CT molecular complexity index is 1300. The van der Waals surface area contributed by atoms with Crippen molar-refractivity contribution < 1.29 is 16.1 Å². The van der Waals surface area contributed by atoms with E-state index in [0.29, 0.717) is 9.88 Å². The van der Waals surface area contributed by atoms with Gasteiger partial charge in [-0.15, -0.1) is 0 Å². The number of rotatable bonds is 5. The summed E-state index contributed by atoms with van der Waals surface area (Å²) < 4.78 is 0.310. The fraction of sp³-hybridized carbons (Fsp3) is 0.579. The van der Waals surface area contributed by atoms with Gasteiger partial charge in [-0.05, 0) is 0 Å². The topological polar surface area (TPSA) is 72.2 Å². The molecule has 0 saturated carbocycles. The van der Waals surface area contributed by atoms with E-state index in [1.54, 1.807) is 0 Å². The summed E-state index contributed by atoms with van der Waals surface area (Å²) in [5.74, 6) is 5.31. The summed E-state index contributed by atoms with van der Waals surface area (Å²) in [7, 11) is 0. The van der Waals surface area contributed by atoms with Gasteiger partial charge in [0, 0.05) is 0 Å². The SMILES string of the molecule is NNc1cccc(C(=O)C(C=O)[C]23[CH]4[CH]5[CH]6[CH]2[Fe]56432789[CH]3[CH]2[CH]7[CH]8[CH]39)c1. The fourth-order valence-corrected chi connectivity index (χ4v) is 93.5. The van der Waals surface area contributed by atoms with Crippen molar-refractivity contribution in [2.45, 2.75) is 47.7 Å². The summed E-state index contributed by atoms with van der Waals surface area (Å²) in [6.45, 7) is -3.42. The number of ketones is 1. The van der Waals surface area contributed by atoms with E-state index in [2.05, 4.69) is 5.43 Å². The van der Waals surface area contributed by atoms with Crippen LogP contribution in [-0.4, -0.2) is 12.1 Å². The zero-order chi connectivity index (χ0) is 15.6. The van der Waals surface area contributed by atoms with Crippen molar-refractivity contribution in [1.82, 2.24) is 0 Å². The van der Waals surface area contributed by atoms with Crippen LogP contribution in [0.4, 0.5) is 5.69 Å². The molecule has 0 bridgehead atoms. The molecule has 10 aliphatic heterocycles. The quantitative estimate of drug-likeness (QED) is 0.209. The maximum atomic E-state index is 13.4. The standard InChI is InChI=1S/C14H13N2O2.C5H5.Fe/c15-16-12-7-3-6-11(8-12)14(18)13(9-17)10-4-1-2-5-10;1-2-4-5-3-1;/h1-9,13,16H,15H2;1-5H;. The molecule has 10 heterocycles. The van der Waals surface area contributed by atoms with E-state index in [9.17, 15) is 9.59 Å². The molecule has 24 heavy (non-hydrogen) atoms. The van der Waals surface area contributed by atoms with Gasteiger partial charge in [-0.1, -0.05) is 0 Å². The van der Waals surface area contributed by atoms with E-state index in [1.807, 2.05) is 24.3 Å². The van der Waals surface area contributed by atoms with E-state index < -0.39 is 6.51 Å². The van der Waals surface area contributed by atoms with E-state index in [0.717, 1.165) is 55.3 Å². The summed E-state index contributed by atoms with van der Waals surface area (Å²) >= 11 is 0. The Labute approximate surface area is 128 Å². The number of hydrogen-bond donors (Lipinski definition) is 2. The second-order valence-electron chi connectivity index (χ2n) is 12.4. The maximum absolute atomic E-state index is 13.4. The first-order valence-corrected chi connectivity index (χ1v) is 15.5. The number of anilines is 1. The minimum absolute atomic E-state index is 0.107. The Balaban J connectivity index is 1.21. The Morgan fingerprint density at radius 2 is 1.75 bits per heavy atom. The van der Waals surface area contributed by atoms with Gasteiger partial charge < -0.3 is 0 Å². The number of nitrogens with one attached hydrogen (secondary N) is 1. The first-order valence-electron chi connectivity index (χ1n) is 9.22. The van der Waals surface area contributed by atoms with Crippen molar-refractivity contribution in [2.24, 2.45) is 11.8 Å². The number of fused-ring (bicyclic) bond motifs is 10. The molecule has 4 nitrogen and oxygen atoms in total. The van der Waals surface area contributed by atoms with E-state index in [-0.39, 0.29) is 11.7 Å². The normalized spacial score (nSPS) is 88.6. The summed E-state index contributed by atoms with van der Waals surface area (Å²) in [5.41, 5.74) is 4.05. The number of hydrazine groups is 1.